The van der Waals surface area contributed by atoms with Gasteiger partial charge in [-0.1, -0.05) is 24.3 Å². The van der Waals surface area contributed by atoms with Gasteiger partial charge in [0.1, 0.15) is 11.6 Å². The molecule has 0 saturated carbocycles. The minimum Gasteiger partial charge on any atom is -0.326 e. The number of aromatic nitrogens is 4. The average Bonchev–Trinajstić information content (AvgIpc) is 3.19. The van der Waals surface area contributed by atoms with E-state index in [2.05, 4.69) is 30.6 Å². The van der Waals surface area contributed by atoms with Crippen molar-refractivity contribution in [3.05, 3.63) is 76.8 Å². The second-order valence-electron chi connectivity index (χ2n) is 7.34. The molecule has 1 amide bonds. The number of hydrogen-bond acceptors (Lipinski definition) is 8. The van der Waals surface area contributed by atoms with Crippen LogP contribution >= 0.6 is 11.3 Å². The first-order chi connectivity index (χ1) is 15.9. The summed E-state index contributed by atoms with van der Waals surface area (Å²) in [6.07, 6.45) is 1.74. The van der Waals surface area contributed by atoms with E-state index in [9.17, 15) is 9.18 Å². The Labute approximate surface area is 197 Å². The molecule has 2 heterocycles. The maximum Gasteiger partial charge on any atom is 0.234 e. The van der Waals surface area contributed by atoms with Crippen LogP contribution in [0.25, 0.3) is 0 Å². The average molecular weight is 468 g/mol. The Morgan fingerprint density at radius 3 is 2.73 bits per heavy atom. The molecule has 4 rings (SSSR count). The monoisotopic (exact) mass is 467 g/mol. The number of nitrogens with one attached hydrogen (secondary N) is 2. The minimum atomic E-state index is -0.405. The van der Waals surface area contributed by atoms with E-state index in [4.69, 9.17) is 0 Å². The molecule has 0 aliphatic heterocycles. The fourth-order valence-electron chi connectivity index (χ4n) is 3.19. The number of carbonyl (C=O) groups excluding carboxylic acids is 1. The normalized spacial score (nSPS) is 10.7. The molecule has 0 unspecified atom stereocenters. The molecule has 0 fully saturated rings. The second-order valence-corrected chi connectivity index (χ2v) is 8.46. The highest BCUT2D eigenvalue weighted by Crippen LogP contribution is 2.26. The van der Waals surface area contributed by atoms with E-state index < -0.39 is 5.82 Å². The maximum absolute atomic E-state index is 13.3. The van der Waals surface area contributed by atoms with Crippen LogP contribution in [0.1, 0.15) is 19.1 Å². The third kappa shape index (κ3) is 5.66. The molecule has 8 nitrogen and oxygen atoms in total. The van der Waals surface area contributed by atoms with Crippen molar-refractivity contribution in [3.63, 3.8) is 0 Å². The first kappa shape index (κ1) is 22.3. The predicted octanol–water partition coefficient (Wildman–Crippen LogP) is 5.27. The van der Waals surface area contributed by atoms with Gasteiger partial charge in [-0.2, -0.15) is 15.0 Å². The zero-order chi connectivity index (χ0) is 23.4. The van der Waals surface area contributed by atoms with Gasteiger partial charge in [0, 0.05) is 32.3 Å². The van der Waals surface area contributed by atoms with Gasteiger partial charge >= 0.3 is 0 Å². The molecule has 172 valence electrons. The van der Waals surface area contributed by atoms with Crippen LogP contribution in [-0.4, -0.2) is 32.9 Å². The van der Waals surface area contributed by atoms with Crippen molar-refractivity contribution in [2.24, 2.45) is 0 Å². The van der Waals surface area contributed by atoms with E-state index >= 15 is 0 Å². The van der Waals surface area contributed by atoms with Gasteiger partial charge in [-0.15, -0.1) is 11.3 Å². The van der Waals surface area contributed by atoms with Crippen LogP contribution < -0.4 is 15.5 Å². The largest absolute Gasteiger partial charge is 0.326 e. The summed E-state index contributed by atoms with van der Waals surface area (Å²) in [5, 5.41) is 6.33. The molecule has 10 heteroatoms. The summed E-state index contributed by atoms with van der Waals surface area (Å²) in [6.45, 7) is 3.83. The van der Waals surface area contributed by atoms with E-state index in [1.54, 1.807) is 25.3 Å². The van der Waals surface area contributed by atoms with Crippen LogP contribution in [0.15, 0.2) is 54.7 Å². The first-order valence-corrected chi connectivity index (χ1v) is 11.0. The number of benzene rings is 2. The number of thiazole rings is 1. The predicted molar refractivity (Wildman–Crippen MR) is 132 cm³/mol. The molecule has 0 radical (unpaired) electrons. The summed E-state index contributed by atoms with van der Waals surface area (Å²) >= 11 is 1.32. The lowest BCUT2D eigenvalue weighted by Gasteiger charge is -2.19. The Kier molecular flexibility index (Phi) is 6.55. The lowest BCUT2D eigenvalue weighted by atomic mass is 10.2. The Balaban J connectivity index is 0.00000216. The molecule has 4 aromatic rings. The second kappa shape index (κ2) is 9.70. The number of anilines is 5. The number of amides is 1. The number of para-hydroxylation sites is 1. The Morgan fingerprint density at radius 1 is 1.12 bits per heavy atom. The molecule has 0 atom stereocenters. The van der Waals surface area contributed by atoms with Crippen molar-refractivity contribution >= 4 is 45.6 Å². The van der Waals surface area contributed by atoms with Crippen molar-refractivity contribution in [1.82, 2.24) is 19.9 Å². The third-order valence-electron chi connectivity index (χ3n) is 4.73. The minimum absolute atomic E-state index is 0. The molecule has 2 N–H and O–H groups in total. The van der Waals surface area contributed by atoms with E-state index in [1.165, 1.54) is 23.5 Å². The fourth-order valence-corrected chi connectivity index (χ4v) is 4.00. The molecule has 33 heavy (non-hydrogen) atoms. The topological polar surface area (TPSA) is 95.9 Å². The van der Waals surface area contributed by atoms with Crippen molar-refractivity contribution in [2.45, 2.75) is 20.3 Å². The molecule has 0 aliphatic rings. The molecular formula is C23H26FN7OS. The van der Waals surface area contributed by atoms with Gasteiger partial charge in [0.2, 0.25) is 17.8 Å². The van der Waals surface area contributed by atoms with Crippen LogP contribution in [0.3, 0.4) is 0 Å². The summed E-state index contributed by atoms with van der Waals surface area (Å²) in [5.74, 6) is 0.772. The van der Waals surface area contributed by atoms with Crippen LogP contribution in [0.5, 0.6) is 0 Å². The third-order valence-corrected chi connectivity index (χ3v) is 5.64. The number of rotatable bonds is 7. The van der Waals surface area contributed by atoms with Crippen LogP contribution in [-0.2, 0) is 11.2 Å². The van der Waals surface area contributed by atoms with Crippen molar-refractivity contribution in [1.29, 1.82) is 0 Å². The van der Waals surface area contributed by atoms with Crippen molar-refractivity contribution < 1.29 is 12.0 Å². The van der Waals surface area contributed by atoms with E-state index in [1.807, 2.05) is 43.1 Å². The number of hydrogen-bond donors (Lipinski definition) is 2. The molecule has 0 bridgehead atoms. The number of nitrogens with zero attached hydrogens (tertiary/aromatic N) is 5. The highest BCUT2D eigenvalue weighted by Gasteiger charge is 2.14. The molecule has 0 spiro atoms. The lowest BCUT2D eigenvalue weighted by molar-refractivity contribution is -0.115. The summed E-state index contributed by atoms with van der Waals surface area (Å²) in [5.41, 5.74) is 2.51. The van der Waals surface area contributed by atoms with Crippen LogP contribution in [0.4, 0.5) is 32.8 Å². The van der Waals surface area contributed by atoms with Gasteiger partial charge in [-0.3, -0.25) is 10.1 Å². The molecule has 2 aromatic heterocycles. The van der Waals surface area contributed by atoms with Crippen LogP contribution in [0, 0.1) is 19.7 Å². The smallest absolute Gasteiger partial charge is 0.234 e. The lowest BCUT2D eigenvalue weighted by Crippen LogP contribution is -2.16. The van der Waals surface area contributed by atoms with Gasteiger partial charge in [0.25, 0.3) is 0 Å². The van der Waals surface area contributed by atoms with Gasteiger partial charge in [-0.25, -0.2) is 9.37 Å². The first-order valence-electron chi connectivity index (χ1n) is 10.2. The summed E-state index contributed by atoms with van der Waals surface area (Å²) < 4.78 is 13.3. The van der Waals surface area contributed by atoms with Crippen molar-refractivity contribution in [3.8, 4) is 0 Å². The standard InChI is InChI=1S/C23H22FN7OS.2H2/c1-14-7-4-5-10-19(14)31(3)22-27-15(2)26-21(29-22)30-23-25-13-18(33-23)12-20(32)28-17-9-6-8-16(24)11-17;;/h4-11,13H,12H2,1-3H3,(H,28,32)(H,25,26,27,29,30);2*1H. The highest BCUT2D eigenvalue weighted by atomic mass is 32.1. The van der Waals surface area contributed by atoms with Gasteiger partial charge in [0.05, 0.1) is 6.42 Å². The summed E-state index contributed by atoms with van der Waals surface area (Å²) in [6, 6.07) is 13.8. The highest BCUT2D eigenvalue weighted by molar-refractivity contribution is 7.15. The van der Waals surface area contributed by atoms with Crippen LogP contribution in [0.2, 0.25) is 0 Å². The maximum atomic E-state index is 13.3. The van der Waals surface area contributed by atoms with Gasteiger partial charge in [0.15, 0.2) is 5.13 Å². The molecule has 0 saturated heterocycles. The molecule has 0 aliphatic carbocycles. The van der Waals surface area contributed by atoms with Gasteiger partial charge in [-0.05, 0) is 43.7 Å². The Hall–Kier alpha value is -3.92. The molecular weight excluding hydrogens is 441 g/mol. The summed E-state index contributed by atoms with van der Waals surface area (Å²) in [4.78, 5) is 32.6. The number of carbonyl (C=O) groups is 1. The zero-order valence-electron chi connectivity index (χ0n) is 18.3. The SMILES string of the molecule is Cc1nc(Nc2ncc(CC(=O)Nc3cccc(F)c3)s2)nc(N(C)c2ccccc2C)n1.[HH].[HH]. The van der Waals surface area contributed by atoms with E-state index in [0.717, 1.165) is 16.1 Å². The Bertz CT molecular complexity index is 1300. The van der Waals surface area contributed by atoms with E-state index in [0.29, 0.717) is 28.5 Å². The van der Waals surface area contributed by atoms with Gasteiger partial charge < -0.3 is 10.2 Å². The fraction of sp³-hybridized carbons (Fsp3) is 0.174. The van der Waals surface area contributed by atoms with E-state index in [-0.39, 0.29) is 15.2 Å². The number of aryl methyl sites for hydroxylation is 2. The zero-order valence-corrected chi connectivity index (χ0v) is 19.2. The Morgan fingerprint density at radius 2 is 1.94 bits per heavy atom. The number of halogens is 1. The molecule has 2 aromatic carbocycles. The van der Waals surface area contributed by atoms with Crippen molar-refractivity contribution in [2.75, 3.05) is 22.6 Å². The summed E-state index contributed by atoms with van der Waals surface area (Å²) in [7, 11) is 1.90. The quantitative estimate of drug-likeness (QED) is 0.382.